The van der Waals surface area contributed by atoms with E-state index in [9.17, 15) is 0 Å². The molecule has 5 heteroatoms. The normalized spacial score (nSPS) is 10.7. The highest BCUT2D eigenvalue weighted by Crippen LogP contribution is 2.36. The second-order valence-electron chi connectivity index (χ2n) is 3.90. The zero-order valence-corrected chi connectivity index (χ0v) is 12.1. The second-order valence-corrected chi connectivity index (χ2v) is 5.02. The molecule has 0 bridgehead atoms. The number of nitrogens with zero attached hydrogens (tertiary/aromatic N) is 1. The monoisotopic (exact) mass is 289 g/mol. The summed E-state index contributed by atoms with van der Waals surface area (Å²) in [4.78, 5) is 2.01. The minimum absolute atomic E-state index is 0.686. The lowest BCUT2D eigenvalue weighted by molar-refractivity contribution is 0.322. The van der Waals surface area contributed by atoms with E-state index in [0.29, 0.717) is 11.5 Å². The fourth-order valence-corrected chi connectivity index (χ4v) is 2.69. The van der Waals surface area contributed by atoms with Crippen LogP contribution in [-0.2, 0) is 0 Å². The summed E-state index contributed by atoms with van der Waals surface area (Å²) in [5.74, 6) is 1.38. The van der Waals surface area contributed by atoms with E-state index in [1.54, 1.807) is 26.0 Å². The van der Waals surface area contributed by atoms with Crippen LogP contribution in [0, 0.1) is 0 Å². The van der Waals surface area contributed by atoms with Gasteiger partial charge in [-0.25, -0.2) is 0 Å². The molecule has 0 fully saturated rings. The van der Waals surface area contributed by atoms with E-state index in [1.807, 2.05) is 42.5 Å². The van der Waals surface area contributed by atoms with Crippen molar-refractivity contribution < 1.29 is 14.7 Å². The molecule has 2 aromatic carbocycles. The van der Waals surface area contributed by atoms with Crippen LogP contribution in [0.1, 0.15) is 5.56 Å². The maximum Gasteiger partial charge on any atom is 0.161 e. The van der Waals surface area contributed by atoms with Crippen LogP contribution in [0.3, 0.4) is 0 Å². The lowest BCUT2D eigenvalue weighted by atomic mass is 10.2. The summed E-state index contributed by atoms with van der Waals surface area (Å²) in [5, 5.41) is 11.8. The van der Waals surface area contributed by atoms with Gasteiger partial charge >= 0.3 is 0 Å². The lowest BCUT2D eigenvalue weighted by Gasteiger charge is -2.10. The number of rotatable bonds is 5. The van der Waals surface area contributed by atoms with Gasteiger partial charge in [-0.05, 0) is 24.3 Å². The molecule has 0 aromatic heterocycles. The summed E-state index contributed by atoms with van der Waals surface area (Å²) in [5.41, 5.74) is 0.856. The van der Waals surface area contributed by atoms with E-state index >= 15 is 0 Å². The molecule has 0 aliphatic carbocycles. The van der Waals surface area contributed by atoms with Crippen molar-refractivity contribution in [1.82, 2.24) is 0 Å². The predicted molar refractivity (Wildman–Crippen MR) is 79.5 cm³/mol. The number of benzene rings is 2. The molecule has 2 aromatic rings. The van der Waals surface area contributed by atoms with Gasteiger partial charge in [-0.2, -0.15) is 0 Å². The molecule has 0 aliphatic heterocycles. The summed E-state index contributed by atoms with van der Waals surface area (Å²) in [6.07, 6.45) is 1.42. The molecule has 1 N–H and O–H groups in total. The van der Waals surface area contributed by atoms with Crippen LogP contribution in [0.4, 0.5) is 0 Å². The van der Waals surface area contributed by atoms with Crippen molar-refractivity contribution in [2.24, 2.45) is 5.16 Å². The predicted octanol–water partition coefficient (Wildman–Crippen LogP) is 3.66. The van der Waals surface area contributed by atoms with E-state index in [0.717, 1.165) is 15.4 Å². The smallest absolute Gasteiger partial charge is 0.161 e. The zero-order valence-electron chi connectivity index (χ0n) is 11.2. The number of hydrogen-bond acceptors (Lipinski definition) is 5. The average molecular weight is 289 g/mol. The van der Waals surface area contributed by atoms with E-state index < -0.39 is 0 Å². The minimum Gasteiger partial charge on any atom is -0.493 e. The van der Waals surface area contributed by atoms with Gasteiger partial charge in [-0.15, -0.1) is 0 Å². The van der Waals surface area contributed by atoms with Gasteiger partial charge in [-0.1, -0.05) is 35.1 Å². The first-order valence-electron chi connectivity index (χ1n) is 5.95. The molecule has 104 valence electrons. The van der Waals surface area contributed by atoms with E-state index in [2.05, 4.69) is 5.16 Å². The molecule has 0 spiro atoms. The fourth-order valence-electron chi connectivity index (χ4n) is 1.75. The van der Waals surface area contributed by atoms with Crippen LogP contribution in [0.25, 0.3) is 0 Å². The average Bonchev–Trinajstić information content (AvgIpc) is 2.49. The maximum absolute atomic E-state index is 8.68. The molecular formula is C15H15NO3S. The lowest BCUT2D eigenvalue weighted by Crippen LogP contribution is -1.91. The molecule has 0 amide bonds. The van der Waals surface area contributed by atoms with Gasteiger partial charge in [-0.3, -0.25) is 0 Å². The second kappa shape index (κ2) is 6.86. The summed E-state index contributed by atoms with van der Waals surface area (Å²) < 4.78 is 10.5. The van der Waals surface area contributed by atoms with Crippen molar-refractivity contribution >= 4 is 18.0 Å². The third kappa shape index (κ3) is 3.24. The van der Waals surface area contributed by atoms with E-state index in [1.165, 1.54) is 6.21 Å². The molecule has 0 radical (unpaired) electrons. The number of hydrogen-bond donors (Lipinski definition) is 1. The highest BCUT2D eigenvalue weighted by atomic mass is 32.2. The summed E-state index contributed by atoms with van der Waals surface area (Å²) in [6.45, 7) is 0. The Bertz CT molecular complexity index is 614. The fraction of sp³-hybridized carbons (Fsp3) is 0.133. The highest BCUT2D eigenvalue weighted by molar-refractivity contribution is 7.99. The molecule has 0 aliphatic rings. The van der Waals surface area contributed by atoms with Crippen molar-refractivity contribution in [3.05, 3.63) is 48.0 Å². The Kier molecular flexibility index (Phi) is 4.90. The van der Waals surface area contributed by atoms with Crippen LogP contribution >= 0.6 is 11.8 Å². The minimum atomic E-state index is 0.686. The van der Waals surface area contributed by atoms with Crippen molar-refractivity contribution in [2.75, 3.05) is 14.2 Å². The van der Waals surface area contributed by atoms with Gasteiger partial charge in [0.05, 0.1) is 20.4 Å². The van der Waals surface area contributed by atoms with Crippen LogP contribution in [0.2, 0.25) is 0 Å². The SMILES string of the molecule is COc1ccc(Sc2ccccc2/C=N\O)cc1OC. The van der Waals surface area contributed by atoms with Crippen molar-refractivity contribution in [1.29, 1.82) is 0 Å². The molecule has 0 atom stereocenters. The van der Waals surface area contributed by atoms with Gasteiger partial charge in [0.1, 0.15) is 0 Å². The molecule has 0 saturated heterocycles. The first-order valence-corrected chi connectivity index (χ1v) is 6.76. The molecular weight excluding hydrogens is 274 g/mol. The molecule has 0 heterocycles. The van der Waals surface area contributed by atoms with Crippen LogP contribution in [0.15, 0.2) is 57.4 Å². The van der Waals surface area contributed by atoms with Gasteiger partial charge in [0.2, 0.25) is 0 Å². The Morgan fingerprint density at radius 3 is 2.50 bits per heavy atom. The summed E-state index contributed by atoms with van der Waals surface area (Å²) in [6, 6.07) is 13.4. The molecule has 4 nitrogen and oxygen atoms in total. The number of ether oxygens (including phenoxy) is 2. The molecule has 0 unspecified atom stereocenters. The first kappa shape index (κ1) is 14.3. The third-order valence-corrected chi connectivity index (χ3v) is 3.78. The number of oxime groups is 1. The topological polar surface area (TPSA) is 51.0 Å². The Morgan fingerprint density at radius 1 is 1.05 bits per heavy atom. The Hall–Kier alpha value is -2.14. The quantitative estimate of drug-likeness (QED) is 0.518. The van der Waals surface area contributed by atoms with Crippen LogP contribution < -0.4 is 9.47 Å². The van der Waals surface area contributed by atoms with Gasteiger partial charge in [0.25, 0.3) is 0 Å². The molecule has 2 rings (SSSR count). The van der Waals surface area contributed by atoms with Gasteiger partial charge in [0, 0.05) is 15.4 Å². The van der Waals surface area contributed by atoms with E-state index in [4.69, 9.17) is 14.7 Å². The maximum atomic E-state index is 8.68. The van der Waals surface area contributed by atoms with Crippen molar-refractivity contribution in [3.8, 4) is 11.5 Å². The highest BCUT2D eigenvalue weighted by Gasteiger charge is 2.07. The Morgan fingerprint density at radius 2 is 1.80 bits per heavy atom. The number of methoxy groups -OCH3 is 2. The van der Waals surface area contributed by atoms with Gasteiger partial charge < -0.3 is 14.7 Å². The Labute approximate surface area is 122 Å². The van der Waals surface area contributed by atoms with Crippen molar-refractivity contribution in [3.63, 3.8) is 0 Å². The molecule has 20 heavy (non-hydrogen) atoms. The van der Waals surface area contributed by atoms with Gasteiger partial charge in [0.15, 0.2) is 11.5 Å². The first-order chi connectivity index (χ1) is 9.78. The largest absolute Gasteiger partial charge is 0.493 e. The standard InChI is InChI=1S/C15H15NO3S/c1-18-13-8-7-12(9-14(13)19-2)20-15-6-4-3-5-11(15)10-16-17/h3-10,17H,1-2H3/b16-10-. The third-order valence-electron chi connectivity index (χ3n) is 2.70. The Balaban J connectivity index is 2.30. The summed E-state index contributed by atoms with van der Waals surface area (Å²) >= 11 is 1.56. The zero-order chi connectivity index (χ0) is 14.4. The van der Waals surface area contributed by atoms with Crippen LogP contribution in [0.5, 0.6) is 11.5 Å². The van der Waals surface area contributed by atoms with Crippen molar-refractivity contribution in [2.45, 2.75) is 9.79 Å². The van der Waals surface area contributed by atoms with Crippen LogP contribution in [-0.4, -0.2) is 25.6 Å². The summed E-state index contributed by atoms with van der Waals surface area (Å²) in [7, 11) is 3.22. The van der Waals surface area contributed by atoms with E-state index in [-0.39, 0.29) is 0 Å². The molecule has 0 saturated carbocycles.